The number of carboxylic acid groups (broad SMARTS) is 2. The van der Waals surface area contributed by atoms with Gasteiger partial charge in [-0.1, -0.05) is 29.8 Å². The van der Waals surface area contributed by atoms with Gasteiger partial charge >= 0.3 is 17.9 Å². The van der Waals surface area contributed by atoms with Crippen molar-refractivity contribution in [2.45, 2.75) is 26.2 Å². The van der Waals surface area contributed by atoms with Crippen LogP contribution < -0.4 is 0 Å². The van der Waals surface area contributed by atoms with E-state index >= 15 is 0 Å². The number of ether oxygens (including phenoxy) is 1. The fourth-order valence-corrected chi connectivity index (χ4v) is 3.04. The molecule has 0 amide bonds. The van der Waals surface area contributed by atoms with Crippen LogP contribution in [0.1, 0.15) is 31.7 Å². The molecule has 1 heterocycles. The Bertz CT molecular complexity index is 809. The van der Waals surface area contributed by atoms with Crippen LogP contribution in [0.15, 0.2) is 42.5 Å². The van der Waals surface area contributed by atoms with E-state index in [0.717, 1.165) is 38.0 Å². The number of carbonyl (C=O) groups excluding carboxylic acids is 2. The monoisotopic (exact) mass is 465 g/mol. The third-order valence-corrected chi connectivity index (χ3v) is 4.83. The number of rotatable bonds is 9. The second kappa shape index (κ2) is 14.9. The fraction of sp³-hybridized carbons (Fsp3) is 0.391. The summed E-state index contributed by atoms with van der Waals surface area (Å²) < 4.78 is 5.07. The summed E-state index contributed by atoms with van der Waals surface area (Å²) in [7, 11) is 0. The highest BCUT2D eigenvalue weighted by Crippen LogP contribution is 2.19. The summed E-state index contributed by atoms with van der Waals surface area (Å²) in [6.45, 7) is 4.69. The molecular formula is C23H28ClNO7. The Kier molecular flexibility index (Phi) is 12.6. The minimum atomic E-state index is -1.26. The van der Waals surface area contributed by atoms with Gasteiger partial charge in [0.15, 0.2) is 5.78 Å². The van der Waals surface area contributed by atoms with Gasteiger partial charge in [0.05, 0.1) is 12.5 Å². The van der Waals surface area contributed by atoms with E-state index in [-0.39, 0.29) is 17.7 Å². The maximum Gasteiger partial charge on any atom is 0.328 e. The molecule has 0 spiro atoms. The first-order valence-corrected chi connectivity index (χ1v) is 10.6. The van der Waals surface area contributed by atoms with Gasteiger partial charge in [-0.25, -0.2) is 9.59 Å². The van der Waals surface area contributed by atoms with E-state index in [1.807, 2.05) is 25.1 Å². The fourth-order valence-electron chi connectivity index (χ4n) is 2.91. The predicted molar refractivity (Wildman–Crippen MR) is 120 cm³/mol. The molecular weight excluding hydrogens is 438 g/mol. The van der Waals surface area contributed by atoms with E-state index in [4.69, 9.17) is 26.6 Å². The van der Waals surface area contributed by atoms with E-state index in [9.17, 15) is 19.2 Å². The summed E-state index contributed by atoms with van der Waals surface area (Å²) in [5, 5.41) is 16.3. The van der Waals surface area contributed by atoms with Gasteiger partial charge in [0.1, 0.15) is 0 Å². The molecule has 2 N–H and O–H groups in total. The Hall–Kier alpha value is -2.97. The van der Waals surface area contributed by atoms with Crippen LogP contribution in [-0.4, -0.2) is 65.0 Å². The quantitative estimate of drug-likeness (QED) is 0.421. The Morgan fingerprint density at radius 1 is 1.03 bits per heavy atom. The highest BCUT2D eigenvalue weighted by Gasteiger charge is 2.25. The lowest BCUT2D eigenvalue weighted by atomic mass is 9.97. The van der Waals surface area contributed by atoms with Crippen molar-refractivity contribution in [1.82, 2.24) is 4.90 Å². The number of nitrogens with zero attached hydrogens (tertiary/aromatic N) is 1. The van der Waals surface area contributed by atoms with Crippen molar-refractivity contribution in [3.05, 3.63) is 53.1 Å². The number of aliphatic carboxylic acids is 2. The number of carbonyl (C=O) groups is 4. The van der Waals surface area contributed by atoms with Gasteiger partial charge in [-0.2, -0.15) is 0 Å². The summed E-state index contributed by atoms with van der Waals surface area (Å²) in [5.74, 6) is -2.47. The maximum absolute atomic E-state index is 12.0. The zero-order valence-corrected chi connectivity index (χ0v) is 18.7. The number of ketones is 1. The standard InChI is InChI=1S/C19H24ClNO3.C4H4O4/c1-2-24-19(23)16-9-12-21(13-10-16)14-11-18(22)8-5-15-3-6-17(20)7-4-15;5-3(6)1-2-4(7)8/h3-8,16H,2,9-14H2,1H3;1-2H,(H,5,6)(H,7,8)/b8-5+;2-1-. The first-order valence-electron chi connectivity index (χ1n) is 10.2. The first kappa shape index (κ1) is 27.1. The molecule has 1 saturated heterocycles. The van der Waals surface area contributed by atoms with Crippen molar-refractivity contribution in [1.29, 1.82) is 0 Å². The van der Waals surface area contributed by atoms with Gasteiger partial charge in [-0.3, -0.25) is 9.59 Å². The van der Waals surface area contributed by atoms with E-state index < -0.39 is 11.9 Å². The van der Waals surface area contributed by atoms with Gasteiger partial charge in [-0.15, -0.1) is 0 Å². The highest BCUT2D eigenvalue weighted by atomic mass is 35.5. The first-order chi connectivity index (χ1) is 15.2. The number of carboxylic acids is 2. The highest BCUT2D eigenvalue weighted by molar-refractivity contribution is 6.30. The molecule has 174 valence electrons. The van der Waals surface area contributed by atoms with Crippen LogP contribution in [-0.2, 0) is 23.9 Å². The average Bonchev–Trinajstić information content (AvgIpc) is 2.77. The molecule has 0 saturated carbocycles. The normalized spacial score (nSPS) is 14.7. The van der Waals surface area contributed by atoms with Gasteiger partial charge in [-0.05, 0) is 56.6 Å². The average molecular weight is 466 g/mol. The predicted octanol–water partition coefficient (Wildman–Crippen LogP) is 3.30. The lowest BCUT2D eigenvalue weighted by molar-refractivity contribution is -0.149. The number of piperidine rings is 1. The molecule has 9 heteroatoms. The summed E-state index contributed by atoms with van der Waals surface area (Å²) in [6, 6.07) is 7.37. The minimum Gasteiger partial charge on any atom is -0.478 e. The smallest absolute Gasteiger partial charge is 0.328 e. The largest absolute Gasteiger partial charge is 0.478 e. The molecule has 1 aliphatic heterocycles. The number of halogens is 1. The third kappa shape index (κ3) is 12.0. The number of hydrogen-bond donors (Lipinski definition) is 2. The molecule has 0 aliphatic carbocycles. The molecule has 32 heavy (non-hydrogen) atoms. The summed E-state index contributed by atoms with van der Waals surface area (Å²) in [4.78, 5) is 45.0. The van der Waals surface area contributed by atoms with Crippen molar-refractivity contribution in [2.75, 3.05) is 26.2 Å². The summed E-state index contributed by atoms with van der Waals surface area (Å²) in [5.41, 5.74) is 0.961. The van der Waals surface area contributed by atoms with Gasteiger partial charge in [0.2, 0.25) is 0 Å². The zero-order chi connectivity index (χ0) is 23.9. The second-order valence-electron chi connectivity index (χ2n) is 6.98. The van der Waals surface area contributed by atoms with Crippen molar-refractivity contribution >= 4 is 41.4 Å². The van der Waals surface area contributed by atoms with E-state index in [0.29, 0.717) is 30.2 Å². The number of allylic oxidation sites excluding steroid dienone is 1. The van der Waals surface area contributed by atoms with Crippen molar-refractivity contribution in [2.24, 2.45) is 5.92 Å². The molecule has 1 fully saturated rings. The number of likely N-dealkylation sites (tertiary alicyclic amines) is 1. The molecule has 0 aromatic heterocycles. The molecule has 8 nitrogen and oxygen atoms in total. The van der Waals surface area contributed by atoms with Gasteiger partial charge in [0.25, 0.3) is 0 Å². The second-order valence-corrected chi connectivity index (χ2v) is 7.42. The van der Waals surface area contributed by atoms with Crippen LogP contribution in [0.2, 0.25) is 5.02 Å². The summed E-state index contributed by atoms with van der Waals surface area (Å²) in [6.07, 6.45) is 6.67. The van der Waals surface area contributed by atoms with Crippen molar-refractivity contribution in [3.63, 3.8) is 0 Å². The van der Waals surface area contributed by atoms with Crippen LogP contribution >= 0.6 is 11.6 Å². The molecule has 0 atom stereocenters. The Balaban J connectivity index is 0.000000547. The molecule has 2 rings (SSSR count). The van der Waals surface area contributed by atoms with Crippen molar-refractivity contribution in [3.8, 4) is 0 Å². The van der Waals surface area contributed by atoms with E-state index in [1.54, 1.807) is 18.2 Å². The zero-order valence-electron chi connectivity index (χ0n) is 17.9. The van der Waals surface area contributed by atoms with Crippen LogP contribution in [0.5, 0.6) is 0 Å². The number of hydrogen-bond acceptors (Lipinski definition) is 6. The molecule has 0 unspecified atom stereocenters. The maximum atomic E-state index is 12.0. The van der Waals surface area contributed by atoms with E-state index in [1.165, 1.54) is 0 Å². The number of benzene rings is 1. The Morgan fingerprint density at radius 2 is 1.59 bits per heavy atom. The molecule has 1 aromatic rings. The van der Waals surface area contributed by atoms with Crippen LogP contribution in [0.25, 0.3) is 6.08 Å². The Morgan fingerprint density at radius 3 is 2.09 bits per heavy atom. The van der Waals surface area contributed by atoms with E-state index in [2.05, 4.69) is 4.90 Å². The van der Waals surface area contributed by atoms with Gasteiger partial charge < -0.3 is 19.8 Å². The minimum absolute atomic E-state index is 0.0155. The molecule has 0 bridgehead atoms. The molecule has 1 aliphatic rings. The molecule has 0 radical (unpaired) electrons. The van der Waals surface area contributed by atoms with Gasteiger partial charge in [0, 0.05) is 30.1 Å². The van der Waals surface area contributed by atoms with Crippen molar-refractivity contribution < 1.29 is 34.1 Å². The molecule has 1 aromatic carbocycles. The SMILES string of the molecule is CCOC(=O)C1CCN(CCC(=O)/C=C/c2ccc(Cl)cc2)CC1.O=C(O)/C=C\C(=O)O. The topological polar surface area (TPSA) is 121 Å². The van der Waals surface area contributed by atoms with Crippen LogP contribution in [0, 0.1) is 5.92 Å². The van der Waals surface area contributed by atoms with Crippen LogP contribution in [0.3, 0.4) is 0 Å². The Labute approximate surface area is 192 Å². The van der Waals surface area contributed by atoms with Crippen LogP contribution in [0.4, 0.5) is 0 Å². The lowest BCUT2D eigenvalue weighted by Crippen LogP contribution is -2.37. The number of esters is 1. The third-order valence-electron chi connectivity index (χ3n) is 4.58. The lowest BCUT2D eigenvalue weighted by Gasteiger charge is -2.30. The summed E-state index contributed by atoms with van der Waals surface area (Å²) >= 11 is 5.83.